The van der Waals surface area contributed by atoms with Crippen LogP contribution in [0.15, 0.2) is 47.1 Å². The van der Waals surface area contributed by atoms with Crippen LogP contribution in [0.1, 0.15) is 30.7 Å². The first-order valence-electron chi connectivity index (χ1n) is 6.86. The number of carbonyl (C=O) groups excluding carboxylic acids is 2. The minimum absolute atomic E-state index is 0.141. The predicted molar refractivity (Wildman–Crippen MR) is 83.2 cm³/mol. The van der Waals surface area contributed by atoms with Crippen molar-refractivity contribution >= 4 is 23.4 Å². The molecule has 1 aromatic carbocycles. The lowest BCUT2D eigenvalue weighted by Crippen LogP contribution is -2.32. The fourth-order valence-electron chi connectivity index (χ4n) is 2.05. The maximum absolute atomic E-state index is 12.0. The molecule has 0 aliphatic rings. The second-order valence-electron chi connectivity index (χ2n) is 4.86. The fourth-order valence-corrected chi connectivity index (χ4v) is 2.18. The van der Waals surface area contributed by atoms with Crippen LogP contribution in [0.2, 0.25) is 5.02 Å². The number of amides is 2. The molecule has 0 bridgehead atoms. The van der Waals surface area contributed by atoms with E-state index in [1.807, 2.05) is 0 Å². The molecule has 5 nitrogen and oxygen atoms in total. The van der Waals surface area contributed by atoms with E-state index in [0.29, 0.717) is 17.3 Å². The molecule has 1 atom stereocenters. The number of furan rings is 1. The zero-order valence-corrected chi connectivity index (χ0v) is 12.9. The summed E-state index contributed by atoms with van der Waals surface area (Å²) in [5.41, 5.74) is 0.827. The molecule has 0 saturated carbocycles. The molecule has 22 heavy (non-hydrogen) atoms. The van der Waals surface area contributed by atoms with Gasteiger partial charge in [-0.3, -0.25) is 9.59 Å². The zero-order chi connectivity index (χ0) is 15.9. The van der Waals surface area contributed by atoms with Crippen LogP contribution in [-0.2, 0) is 16.1 Å². The topological polar surface area (TPSA) is 71.3 Å². The lowest BCUT2D eigenvalue weighted by atomic mass is 10.0. The van der Waals surface area contributed by atoms with E-state index in [4.69, 9.17) is 16.0 Å². The van der Waals surface area contributed by atoms with Gasteiger partial charge >= 0.3 is 0 Å². The molecule has 0 spiro atoms. The number of benzene rings is 1. The van der Waals surface area contributed by atoms with Crippen LogP contribution in [0.3, 0.4) is 0 Å². The van der Waals surface area contributed by atoms with Crippen LogP contribution < -0.4 is 10.6 Å². The summed E-state index contributed by atoms with van der Waals surface area (Å²) >= 11 is 5.86. The Morgan fingerprint density at radius 3 is 2.55 bits per heavy atom. The standard InChI is InChI=1S/C16H17ClN2O3/c1-11(20)19-15(12-4-6-13(17)7-5-12)9-16(21)18-10-14-3-2-8-22-14/h2-8,15H,9-10H2,1H3,(H,18,21)(H,19,20)/t15-/m1/s1. The van der Waals surface area contributed by atoms with E-state index in [2.05, 4.69) is 10.6 Å². The highest BCUT2D eigenvalue weighted by Gasteiger charge is 2.17. The Labute approximate surface area is 133 Å². The van der Waals surface area contributed by atoms with Crippen LogP contribution in [0.4, 0.5) is 0 Å². The number of rotatable bonds is 6. The van der Waals surface area contributed by atoms with Crippen LogP contribution in [0.5, 0.6) is 0 Å². The number of nitrogens with one attached hydrogen (secondary N) is 2. The van der Waals surface area contributed by atoms with E-state index >= 15 is 0 Å². The molecule has 116 valence electrons. The number of carbonyl (C=O) groups is 2. The lowest BCUT2D eigenvalue weighted by Gasteiger charge is -2.18. The molecule has 2 rings (SSSR count). The Morgan fingerprint density at radius 2 is 1.95 bits per heavy atom. The van der Waals surface area contributed by atoms with E-state index in [-0.39, 0.29) is 18.2 Å². The summed E-state index contributed by atoms with van der Waals surface area (Å²) in [6, 6.07) is 10.2. The summed E-state index contributed by atoms with van der Waals surface area (Å²) < 4.78 is 5.15. The summed E-state index contributed by atoms with van der Waals surface area (Å²) in [4.78, 5) is 23.4. The smallest absolute Gasteiger partial charge is 0.222 e. The van der Waals surface area contributed by atoms with E-state index in [9.17, 15) is 9.59 Å². The average molecular weight is 321 g/mol. The van der Waals surface area contributed by atoms with Gasteiger partial charge in [0.1, 0.15) is 5.76 Å². The van der Waals surface area contributed by atoms with E-state index in [0.717, 1.165) is 5.56 Å². The molecule has 0 unspecified atom stereocenters. The highest BCUT2D eigenvalue weighted by atomic mass is 35.5. The van der Waals surface area contributed by atoms with E-state index in [1.165, 1.54) is 6.92 Å². The van der Waals surface area contributed by atoms with Gasteiger partial charge in [-0.1, -0.05) is 23.7 Å². The minimum Gasteiger partial charge on any atom is -0.467 e. The Balaban J connectivity index is 1.98. The van der Waals surface area contributed by atoms with Crippen molar-refractivity contribution in [1.82, 2.24) is 10.6 Å². The first kappa shape index (κ1) is 16.1. The molecule has 0 saturated heterocycles. The molecule has 2 N–H and O–H groups in total. The molecule has 2 amide bonds. The van der Waals surface area contributed by atoms with Crippen molar-refractivity contribution in [3.8, 4) is 0 Å². The molecule has 0 aliphatic heterocycles. The van der Waals surface area contributed by atoms with E-state index in [1.54, 1.807) is 42.7 Å². The molecular weight excluding hydrogens is 304 g/mol. The molecule has 1 heterocycles. The van der Waals surface area contributed by atoms with Crippen molar-refractivity contribution < 1.29 is 14.0 Å². The number of hydrogen-bond acceptors (Lipinski definition) is 3. The van der Waals surface area contributed by atoms with Crippen LogP contribution in [0, 0.1) is 0 Å². The highest BCUT2D eigenvalue weighted by molar-refractivity contribution is 6.30. The van der Waals surface area contributed by atoms with Gasteiger partial charge in [0.2, 0.25) is 11.8 Å². The maximum Gasteiger partial charge on any atom is 0.222 e. The fraction of sp³-hybridized carbons (Fsp3) is 0.250. The monoisotopic (exact) mass is 320 g/mol. The zero-order valence-electron chi connectivity index (χ0n) is 12.1. The second-order valence-corrected chi connectivity index (χ2v) is 5.30. The molecule has 2 aromatic rings. The molecule has 0 aliphatic carbocycles. The van der Waals surface area contributed by atoms with Gasteiger partial charge in [0.25, 0.3) is 0 Å². The van der Waals surface area contributed by atoms with Gasteiger partial charge in [-0.15, -0.1) is 0 Å². The van der Waals surface area contributed by atoms with Gasteiger partial charge in [-0.25, -0.2) is 0 Å². The number of halogens is 1. The van der Waals surface area contributed by atoms with Gasteiger partial charge in [-0.2, -0.15) is 0 Å². The van der Waals surface area contributed by atoms with Crippen molar-refractivity contribution in [2.24, 2.45) is 0 Å². The summed E-state index contributed by atoms with van der Waals surface area (Å²) in [6.07, 6.45) is 1.69. The van der Waals surface area contributed by atoms with Crippen molar-refractivity contribution in [3.63, 3.8) is 0 Å². The van der Waals surface area contributed by atoms with Crippen LogP contribution in [-0.4, -0.2) is 11.8 Å². The third kappa shape index (κ3) is 4.93. The minimum atomic E-state index is -0.397. The quantitative estimate of drug-likeness (QED) is 0.859. The third-order valence-electron chi connectivity index (χ3n) is 3.08. The maximum atomic E-state index is 12.0. The molecule has 0 radical (unpaired) electrons. The second kappa shape index (κ2) is 7.66. The Morgan fingerprint density at radius 1 is 1.23 bits per heavy atom. The van der Waals surface area contributed by atoms with Crippen molar-refractivity contribution in [1.29, 1.82) is 0 Å². The Kier molecular flexibility index (Phi) is 5.61. The SMILES string of the molecule is CC(=O)N[C@H](CC(=O)NCc1ccco1)c1ccc(Cl)cc1. The van der Waals surface area contributed by atoms with Crippen molar-refractivity contribution in [3.05, 3.63) is 59.0 Å². The van der Waals surface area contributed by atoms with Crippen LogP contribution in [0.25, 0.3) is 0 Å². The highest BCUT2D eigenvalue weighted by Crippen LogP contribution is 2.19. The lowest BCUT2D eigenvalue weighted by molar-refractivity contribution is -0.123. The summed E-state index contributed by atoms with van der Waals surface area (Å²) in [5, 5.41) is 6.14. The van der Waals surface area contributed by atoms with Gasteiger partial charge in [0.15, 0.2) is 0 Å². The first-order valence-corrected chi connectivity index (χ1v) is 7.24. The third-order valence-corrected chi connectivity index (χ3v) is 3.33. The molecule has 1 aromatic heterocycles. The van der Waals surface area contributed by atoms with Crippen LogP contribution >= 0.6 is 11.6 Å². The Bertz CT molecular complexity index is 623. The summed E-state index contributed by atoms with van der Waals surface area (Å²) in [5.74, 6) is 0.305. The molecule has 6 heteroatoms. The first-order chi connectivity index (χ1) is 10.5. The van der Waals surface area contributed by atoms with E-state index < -0.39 is 6.04 Å². The largest absolute Gasteiger partial charge is 0.467 e. The van der Waals surface area contributed by atoms with Gasteiger partial charge in [0, 0.05) is 11.9 Å². The summed E-state index contributed by atoms with van der Waals surface area (Å²) in [7, 11) is 0. The van der Waals surface area contributed by atoms with Gasteiger partial charge in [-0.05, 0) is 29.8 Å². The van der Waals surface area contributed by atoms with Crippen molar-refractivity contribution in [2.45, 2.75) is 25.9 Å². The number of hydrogen-bond donors (Lipinski definition) is 2. The Hall–Kier alpha value is -2.27. The van der Waals surface area contributed by atoms with Crippen molar-refractivity contribution in [2.75, 3.05) is 0 Å². The normalized spacial score (nSPS) is 11.7. The van der Waals surface area contributed by atoms with Gasteiger partial charge in [0.05, 0.1) is 25.3 Å². The summed E-state index contributed by atoms with van der Waals surface area (Å²) in [6.45, 7) is 1.74. The predicted octanol–water partition coefficient (Wildman–Crippen LogP) is 2.82. The average Bonchev–Trinajstić information content (AvgIpc) is 2.98. The van der Waals surface area contributed by atoms with Gasteiger partial charge < -0.3 is 15.1 Å². The molecule has 0 fully saturated rings. The molecular formula is C16H17ClN2O3.